The largest absolute Gasteiger partial charge is 0.329 e. The molecule has 0 bridgehead atoms. The molecule has 110 valence electrons. The summed E-state index contributed by atoms with van der Waals surface area (Å²) in [5.74, 6) is 0. The molecule has 0 aromatic carbocycles. The minimum Gasteiger partial charge on any atom is -0.329 e. The Morgan fingerprint density at radius 3 is 2.06 bits per heavy atom. The van der Waals surface area contributed by atoms with Crippen LogP contribution >= 0.6 is 0 Å². The highest BCUT2D eigenvalue weighted by molar-refractivity contribution is 7.86. The zero-order valence-electron chi connectivity index (χ0n) is 12.6. The van der Waals surface area contributed by atoms with Crippen molar-refractivity contribution in [1.29, 1.82) is 0 Å². The predicted molar refractivity (Wildman–Crippen MR) is 76.6 cm³/mol. The van der Waals surface area contributed by atoms with E-state index in [1.807, 2.05) is 34.6 Å². The van der Waals surface area contributed by atoms with Crippen LogP contribution in [0.4, 0.5) is 0 Å². The summed E-state index contributed by atoms with van der Waals surface area (Å²) in [5, 5.41) is 0. The van der Waals surface area contributed by atoms with E-state index in [0.717, 1.165) is 6.42 Å². The van der Waals surface area contributed by atoms with E-state index in [0.29, 0.717) is 19.5 Å². The lowest BCUT2D eigenvalue weighted by Crippen LogP contribution is -2.58. The van der Waals surface area contributed by atoms with Crippen LogP contribution in [0.3, 0.4) is 0 Å². The summed E-state index contributed by atoms with van der Waals surface area (Å²) in [6.45, 7) is 10.4. The van der Waals surface area contributed by atoms with Crippen LogP contribution in [0, 0.1) is 0 Å². The molecule has 0 rings (SSSR count). The minimum absolute atomic E-state index is 0.0618. The Kier molecular flexibility index (Phi) is 6.78. The fourth-order valence-corrected chi connectivity index (χ4v) is 3.73. The standard InChI is InChI=1S/C12H29N3O2S/c1-7-9-15(12(5,8-2)10-13)18(16,17)14(6)11(3)4/h11H,7-10,13H2,1-6H3. The molecule has 0 amide bonds. The Bertz CT molecular complexity index is 337. The topological polar surface area (TPSA) is 66.6 Å². The van der Waals surface area contributed by atoms with Gasteiger partial charge in [-0.3, -0.25) is 0 Å². The van der Waals surface area contributed by atoms with Gasteiger partial charge in [0.1, 0.15) is 0 Å². The van der Waals surface area contributed by atoms with Crippen LogP contribution in [0.25, 0.3) is 0 Å². The van der Waals surface area contributed by atoms with E-state index in [1.54, 1.807) is 11.4 Å². The van der Waals surface area contributed by atoms with Crippen LogP contribution in [-0.4, -0.2) is 48.7 Å². The Hall–Kier alpha value is -0.170. The number of hydrogen-bond acceptors (Lipinski definition) is 3. The summed E-state index contributed by atoms with van der Waals surface area (Å²) < 4.78 is 28.2. The summed E-state index contributed by atoms with van der Waals surface area (Å²) in [6.07, 6.45) is 1.48. The van der Waals surface area contributed by atoms with Crippen molar-refractivity contribution in [3.63, 3.8) is 0 Å². The first-order valence-corrected chi connectivity index (χ1v) is 8.02. The van der Waals surface area contributed by atoms with Gasteiger partial charge >= 0.3 is 0 Å². The normalized spacial score (nSPS) is 16.6. The average Bonchev–Trinajstić information content (AvgIpc) is 2.33. The number of nitrogens with two attached hydrogens (primary N) is 1. The van der Waals surface area contributed by atoms with Crippen molar-refractivity contribution < 1.29 is 8.42 Å². The third kappa shape index (κ3) is 3.66. The van der Waals surface area contributed by atoms with Crippen molar-refractivity contribution >= 4 is 10.2 Å². The van der Waals surface area contributed by atoms with E-state index in [1.165, 1.54) is 4.31 Å². The maximum Gasteiger partial charge on any atom is 0.282 e. The molecule has 18 heavy (non-hydrogen) atoms. The minimum atomic E-state index is -3.46. The zero-order chi connectivity index (χ0) is 14.6. The van der Waals surface area contributed by atoms with Gasteiger partial charge in [-0.15, -0.1) is 0 Å². The summed E-state index contributed by atoms with van der Waals surface area (Å²) in [7, 11) is -1.84. The molecule has 6 heteroatoms. The van der Waals surface area contributed by atoms with E-state index in [2.05, 4.69) is 0 Å². The first kappa shape index (κ1) is 17.8. The van der Waals surface area contributed by atoms with Crippen molar-refractivity contribution in [3.8, 4) is 0 Å². The van der Waals surface area contributed by atoms with Crippen LogP contribution in [0.2, 0.25) is 0 Å². The molecule has 0 radical (unpaired) electrons. The van der Waals surface area contributed by atoms with E-state index >= 15 is 0 Å². The molecule has 2 N–H and O–H groups in total. The molecule has 0 aromatic heterocycles. The number of nitrogens with zero attached hydrogens (tertiary/aromatic N) is 2. The lowest BCUT2D eigenvalue weighted by Gasteiger charge is -2.41. The summed E-state index contributed by atoms with van der Waals surface area (Å²) in [6, 6.07) is -0.0618. The highest BCUT2D eigenvalue weighted by atomic mass is 32.2. The smallest absolute Gasteiger partial charge is 0.282 e. The van der Waals surface area contributed by atoms with E-state index in [-0.39, 0.29) is 6.04 Å². The molecular formula is C12H29N3O2S. The van der Waals surface area contributed by atoms with Crippen LogP contribution in [0.5, 0.6) is 0 Å². The van der Waals surface area contributed by atoms with Crippen molar-refractivity contribution in [2.45, 2.75) is 59.0 Å². The van der Waals surface area contributed by atoms with Gasteiger partial charge in [-0.2, -0.15) is 17.0 Å². The van der Waals surface area contributed by atoms with Gasteiger partial charge in [0.15, 0.2) is 0 Å². The maximum atomic E-state index is 12.6. The molecule has 0 saturated heterocycles. The number of hydrogen-bond donors (Lipinski definition) is 1. The average molecular weight is 279 g/mol. The molecule has 5 nitrogen and oxygen atoms in total. The summed E-state index contributed by atoms with van der Waals surface area (Å²) in [4.78, 5) is 0. The van der Waals surface area contributed by atoms with Crippen LogP contribution in [-0.2, 0) is 10.2 Å². The fraction of sp³-hybridized carbons (Fsp3) is 1.00. The van der Waals surface area contributed by atoms with Crippen LogP contribution < -0.4 is 5.73 Å². The van der Waals surface area contributed by atoms with Gasteiger partial charge in [0.2, 0.25) is 0 Å². The fourth-order valence-electron chi connectivity index (χ4n) is 1.71. The second-order valence-electron chi connectivity index (χ2n) is 5.24. The monoisotopic (exact) mass is 279 g/mol. The van der Waals surface area contributed by atoms with Gasteiger partial charge in [0.05, 0.1) is 0 Å². The molecule has 0 aliphatic rings. The third-order valence-corrected chi connectivity index (χ3v) is 5.93. The Morgan fingerprint density at radius 2 is 1.78 bits per heavy atom. The van der Waals surface area contributed by atoms with Crippen LogP contribution in [0.1, 0.15) is 47.5 Å². The van der Waals surface area contributed by atoms with E-state index in [4.69, 9.17) is 5.73 Å². The van der Waals surface area contributed by atoms with Crippen molar-refractivity contribution in [1.82, 2.24) is 8.61 Å². The lowest BCUT2D eigenvalue weighted by molar-refractivity contribution is 0.189. The first-order chi connectivity index (χ1) is 8.17. The van der Waals surface area contributed by atoms with Gasteiger partial charge in [-0.25, -0.2) is 0 Å². The van der Waals surface area contributed by atoms with Crippen molar-refractivity contribution in [3.05, 3.63) is 0 Å². The molecule has 0 saturated carbocycles. The molecular weight excluding hydrogens is 250 g/mol. The summed E-state index contributed by atoms with van der Waals surface area (Å²) >= 11 is 0. The van der Waals surface area contributed by atoms with Crippen LogP contribution in [0.15, 0.2) is 0 Å². The molecule has 0 fully saturated rings. The van der Waals surface area contributed by atoms with Gasteiger partial charge in [-0.05, 0) is 33.6 Å². The molecule has 0 spiro atoms. The second-order valence-corrected chi connectivity index (χ2v) is 7.16. The third-order valence-electron chi connectivity index (χ3n) is 3.60. The zero-order valence-corrected chi connectivity index (χ0v) is 13.4. The Labute approximate surface area is 113 Å². The van der Waals surface area contributed by atoms with Crippen molar-refractivity contribution in [2.24, 2.45) is 5.73 Å². The Morgan fingerprint density at radius 1 is 1.28 bits per heavy atom. The summed E-state index contributed by atoms with van der Waals surface area (Å²) in [5.41, 5.74) is 5.28. The molecule has 0 heterocycles. The molecule has 0 aromatic rings. The highest BCUT2D eigenvalue weighted by Gasteiger charge is 2.39. The second kappa shape index (κ2) is 6.84. The van der Waals surface area contributed by atoms with Gasteiger partial charge < -0.3 is 5.73 Å². The number of rotatable bonds is 8. The SMILES string of the molecule is CCCN(C(C)(CC)CN)S(=O)(=O)N(C)C(C)C. The molecule has 0 aliphatic carbocycles. The lowest BCUT2D eigenvalue weighted by atomic mass is 9.99. The molecule has 1 atom stereocenters. The maximum absolute atomic E-state index is 12.6. The van der Waals surface area contributed by atoms with E-state index < -0.39 is 15.7 Å². The van der Waals surface area contributed by atoms with Gasteiger partial charge in [-0.1, -0.05) is 13.8 Å². The molecule has 1 unspecified atom stereocenters. The van der Waals surface area contributed by atoms with E-state index in [9.17, 15) is 8.42 Å². The highest BCUT2D eigenvalue weighted by Crippen LogP contribution is 2.24. The van der Waals surface area contributed by atoms with Gasteiger partial charge in [0.25, 0.3) is 10.2 Å². The molecule has 0 aliphatic heterocycles. The van der Waals surface area contributed by atoms with Gasteiger partial charge in [0, 0.05) is 31.7 Å². The Balaban J connectivity index is 5.48. The predicted octanol–water partition coefficient (Wildman–Crippen LogP) is 1.41. The van der Waals surface area contributed by atoms with Crippen molar-refractivity contribution in [2.75, 3.05) is 20.1 Å². The quantitative estimate of drug-likeness (QED) is 0.730. The first-order valence-electron chi connectivity index (χ1n) is 6.63.